The number of unbranched alkanes of at least 4 members (excludes halogenated alkanes) is 25. The van der Waals surface area contributed by atoms with Gasteiger partial charge in [0.25, 0.3) is 0 Å². The van der Waals surface area contributed by atoms with Crippen molar-refractivity contribution in [3.05, 3.63) is 12.4 Å². The highest BCUT2D eigenvalue weighted by Crippen LogP contribution is 2.24. The summed E-state index contributed by atoms with van der Waals surface area (Å²) >= 11 is 0. The molecule has 1 rings (SSSR count). The molecule has 0 saturated carbocycles. The molecule has 39 heavy (non-hydrogen) atoms. The standard InChI is InChI=1S/C37H74N2/c1-4-7-10-13-15-16-17-18-19-20-21-22-23-25-28-31-34-39-36-35-38(33-30-27-24-14-11-8-5-2)37(39)32-29-26-12-9-6-3/h35-37H,4-34H2,1-3H3. The Morgan fingerprint density at radius 3 is 0.897 bits per heavy atom. The molecule has 0 fully saturated rings. The molecule has 2 heteroatoms. The molecule has 1 atom stereocenters. The average molecular weight is 547 g/mol. The largest absolute Gasteiger partial charge is 0.356 e. The van der Waals surface area contributed by atoms with E-state index in [4.69, 9.17) is 0 Å². The van der Waals surface area contributed by atoms with Crippen molar-refractivity contribution in [2.45, 2.75) is 213 Å². The zero-order valence-corrected chi connectivity index (χ0v) is 27.5. The first kappa shape index (κ1) is 36.4. The Hall–Kier alpha value is -0.660. The van der Waals surface area contributed by atoms with Gasteiger partial charge in [0.05, 0.1) is 0 Å². The Balaban J connectivity index is 2.09. The average Bonchev–Trinajstić information content (AvgIpc) is 3.33. The van der Waals surface area contributed by atoms with E-state index in [2.05, 4.69) is 43.0 Å². The smallest absolute Gasteiger partial charge is 0.101 e. The first-order valence-corrected chi connectivity index (χ1v) is 18.5. The molecule has 1 aliphatic rings. The zero-order valence-electron chi connectivity index (χ0n) is 27.5. The molecule has 0 bridgehead atoms. The van der Waals surface area contributed by atoms with Gasteiger partial charge in [0.2, 0.25) is 0 Å². The second-order valence-electron chi connectivity index (χ2n) is 12.9. The van der Waals surface area contributed by atoms with Crippen LogP contribution < -0.4 is 0 Å². The zero-order chi connectivity index (χ0) is 28.1. The van der Waals surface area contributed by atoms with Crippen LogP contribution in [0.25, 0.3) is 0 Å². The Morgan fingerprint density at radius 1 is 0.333 bits per heavy atom. The van der Waals surface area contributed by atoms with Gasteiger partial charge in [-0.2, -0.15) is 0 Å². The summed E-state index contributed by atoms with van der Waals surface area (Å²) in [4.78, 5) is 5.39. The van der Waals surface area contributed by atoms with Crippen LogP contribution in [0.15, 0.2) is 12.4 Å². The predicted octanol–water partition coefficient (Wildman–Crippen LogP) is 12.8. The molecule has 0 aliphatic carbocycles. The lowest BCUT2D eigenvalue weighted by atomic mass is 10.0. The quantitative estimate of drug-likeness (QED) is 0.0798. The van der Waals surface area contributed by atoms with Gasteiger partial charge >= 0.3 is 0 Å². The fraction of sp³-hybridized carbons (Fsp3) is 0.946. The summed E-state index contributed by atoms with van der Waals surface area (Å²) in [5.74, 6) is 0. The van der Waals surface area contributed by atoms with E-state index in [-0.39, 0.29) is 0 Å². The van der Waals surface area contributed by atoms with Crippen molar-refractivity contribution >= 4 is 0 Å². The Labute approximate surface area is 248 Å². The first-order chi connectivity index (χ1) is 19.3. The van der Waals surface area contributed by atoms with E-state index in [9.17, 15) is 0 Å². The maximum atomic E-state index is 2.70. The van der Waals surface area contributed by atoms with Crippen molar-refractivity contribution in [2.75, 3.05) is 13.1 Å². The van der Waals surface area contributed by atoms with E-state index in [0.29, 0.717) is 6.17 Å². The summed E-state index contributed by atoms with van der Waals surface area (Å²) in [7, 11) is 0. The van der Waals surface area contributed by atoms with Gasteiger partial charge in [0, 0.05) is 25.5 Å². The number of hydrogen-bond acceptors (Lipinski definition) is 2. The lowest BCUT2D eigenvalue weighted by molar-refractivity contribution is 0.135. The van der Waals surface area contributed by atoms with E-state index in [1.54, 1.807) is 0 Å². The van der Waals surface area contributed by atoms with Crippen LogP contribution in [0.3, 0.4) is 0 Å². The van der Waals surface area contributed by atoms with Crippen LogP contribution in [-0.4, -0.2) is 29.1 Å². The Kier molecular flexibility index (Phi) is 26.9. The van der Waals surface area contributed by atoms with Gasteiger partial charge in [-0.25, -0.2) is 0 Å². The summed E-state index contributed by atoms with van der Waals surface area (Å²) in [6, 6.07) is 0. The summed E-state index contributed by atoms with van der Waals surface area (Å²) in [5, 5.41) is 0. The first-order valence-electron chi connectivity index (χ1n) is 18.5. The van der Waals surface area contributed by atoms with Crippen molar-refractivity contribution in [3.8, 4) is 0 Å². The molecule has 0 saturated heterocycles. The van der Waals surface area contributed by atoms with Gasteiger partial charge in [-0.15, -0.1) is 0 Å². The topological polar surface area (TPSA) is 6.48 Å². The molecule has 2 nitrogen and oxygen atoms in total. The SMILES string of the molecule is CCCCCCCCCCCCCCCCCCN1C=CN(CCCCCCCCC)C1CCCCCCC. The fourth-order valence-corrected chi connectivity index (χ4v) is 6.36. The maximum absolute atomic E-state index is 2.70. The van der Waals surface area contributed by atoms with Crippen LogP contribution in [0.1, 0.15) is 207 Å². The monoisotopic (exact) mass is 547 g/mol. The third kappa shape index (κ3) is 21.7. The second-order valence-corrected chi connectivity index (χ2v) is 12.9. The minimum absolute atomic E-state index is 0.642. The molecule has 0 aromatic carbocycles. The molecular formula is C37H74N2. The van der Waals surface area contributed by atoms with E-state index in [1.807, 2.05) is 0 Å². The van der Waals surface area contributed by atoms with Crippen molar-refractivity contribution in [1.82, 2.24) is 9.80 Å². The van der Waals surface area contributed by atoms with Gasteiger partial charge in [-0.3, -0.25) is 0 Å². The molecule has 0 N–H and O–H groups in total. The summed E-state index contributed by atoms with van der Waals surface area (Å²) in [6.45, 7) is 9.48. The molecule has 232 valence electrons. The van der Waals surface area contributed by atoms with Crippen LogP contribution >= 0.6 is 0 Å². The third-order valence-corrected chi connectivity index (χ3v) is 9.07. The van der Waals surface area contributed by atoms with Crippen molar-refractivity contribution in [1.29, 1.82) is 0 Å². The molecule has 1 aliphatic heterocycles. The lowest BCUT2D eigenvalue weighted by Gasteiger charge is -2.33. The summed E-state index contributed by atoms with van der Waals surface area (Å²) in [5.41, 5.74) is 0. The molecule has 0 aromatic rings. The second kappa shape index (κ2) is 28.9. The van der Waals surface area contributed by atoms with Crippen LogP contribution in [0.4, 0.5) is 0 Å². The van der Waals surface area contributed by atoms with Crippen LogP contribution in [0, 0.1) is 0 Å². The van der Waals surface area contributed by atoms with Crippen molar-refractivity contribution in [3.63, 3.8) is 0 Å². The van der Waals surface area contributed by atoms with Crippen LogP contribution in [0.5, 0.6) is 0 Å². The number of rotatable bonds is 31. The lowest BCUT2D eigenvalue weighted by Crippen LogP contribution is -2.39. The molecule has 0 spiro atoms. The van der Waals surface area contributed by atoms with Crippen molar-refractivity contribution in [2.24, 2.45) is 0 Å². The molecule has 1 heterocycles. The van der Waals surface area contributed by atoms with E-state index < -0.39 is 0 Å². The minimum atomic E-state index is 0.642. The van der Waals surface area contributed by atoms with Crippen LogP contribution in [-0.2, 0) is 0 Å². The fourth-order valence-electron chi connectivity index (χ4n) is 6.36. The van der Waals surface area contributed by atoms with E-state index in [1.165, 1.54) is 199 Å². The molecule has 0 aromatic heterocycles. The normalized spacial score (nSPS) is 15.2. The minimum Gasteiger partial charge on any atom is -0.356 e. The predicted molar refractivity (Wildman–Crippen MR) is 177 cm³/mol. The van der Waals surface area contributed by atoms with Gasteiger partial charge in [0.1, 0.15) is 6.17 Å². The molecule has 1 unspecified atom stereocenters. The van der Waals surface area contributed by atoms with Gasteiger partial charge in [-0.1, -0.05) is 181 Å². The molecule has 0 radical (unpaired) electrons. The molecule has 0 amide bonds. The van der Waals surface area contributed by atoms with E-state index >= 15 is 0 Å². The van der Waals surface area contributed by atoms with E-state index in [0.717, 1.165) is 0 Å². The highest BCUT2D eigenvalue weighted by atomic mass is 15.4. The summed E-state index contributed by atoms with van der Waals surface area (Å²) < 4.78 is 0. The van der Waals surface area contributed by atoms with Crippen molar-refractivity contribution < 1.29 is 0 Å². The highest BCUT2D eigenvalue weighted by Gasteiger charge is 2.24. The number of nitrogens with zero attached hydrogens (tertiary/aromatic N) is 2. The van der Waals surface area contributed by atoms with Gasteiger partial charge < -0.3 is 9.80 Å². The maximum Gasteiger partial charge on any atom is 0.101 e. The third-order valence-electron chi connectivity index (χ3n) is 9.07. The molecular weight excluding hydrogens is 472 g/mol. The number of hydrogen-bond donors (Lipinski definition) is 0. The highest BCUT2D eigenvalue weighted by molar-refractivity contribution is 4.97. The Bertz CT molecular complexity index is 502. The van der Waals surface area contributed by atoms with Gasteiger partial charge in [0.15, 0.2) is 0 Å². The van der Waals surface area contributed by atoms with Crippen LogP contribution in [0.2, 0.25) is 0 Å². The summed E-state index contributed by atoms with van der Waals surface area (Å²) in [6.07, 6.45) is 47.0. The Morgan fingerprint density at radius 2 is 0.590 bits per heavy atom. The van der Waals surface area contributed by atoms with Gasteiger partial charge in [-0.05, 0) is 25.7 Å².